The average molecular weight is 300 g/mol. The van der Waals surface area contributed by atoms with Crippen LogP contribution in [-0.4, -0.2) is 36.4 Å². The molecular formula is C16H28O5. The molecule has 5 heteroatoms. The first-order chi connectivity index (χ1) is 9.69. The third kappa shape index (κ3) is 10.2. The van der Waals surface area contributed by atoms with Gasteiger partial charge in [-0.1, -0.05) is 20.3 Å². The van der Waals surface area contributed by atoms with E-state index in [1.807, 2.05) is 6.92 Å². The van der Waals surface area contributed by atoms with E-state index in [9.17, 15) is 14.4 Å². The van der Waals surface area contributed by atoms with Crippen molar-refractivity contribution in [3.63, 3.8) is 0 Å². The summed E-state index contributed by atoms with van der Waals surface area (Å²) < 4.78 is 10.5. The van der Waals surface area contributed by atoms with Gasteiger partial charge in [-0.2, -0.15) is 0 Å². The van der Waals surface area contributed by atoms with Gasteiger partial charge in [0.25, 0.3) is 0 Å². The summed E-state index contributed by atoms with van der Waals surface area (Å²) in [4.78, 5) is 34.5. The van der Waals surface area contributed by atoms with Crippen LogP contribution in [0.15, 0.2) is 0 Å². The van der Waals surface area contributed by atoms with Gasteiger partial charge < -0.3 is 9.47 Å². The van der Waals surface area contributed by atoms with E-state index in [-0.39, 0.29) is 43.5 Å². The van der Waals surface area contributed by atoms with Crippen molar-refractivity contribution >= 4 is 17.5 Å². The number of Topliss-reactive ketones (excluding diaryl/α,β-unsaturated/α-hetero) is 2. The third-order valence-corrected chi connectivity index (χ3v) is 2.80. The number of hydrogen-bond donors (Lipinski definition) is 0. The first-order valence-electron chi connectivity index (χ1n) is 7.55. The lowest BCUT2D eigenvalue weighted by molar-refractivity contribution is -0.160. The predicted molar refractivity (Wildman–Crippen MR) is 80.0 cm³/mol. The molecule has 21 heavy (non-hydrogen) atoms. The Labute approximate surface area is 127 Å². The Morgan fingerprint density at radius 2 is 1.67 bits per heavy atom. The molecule has 0 rings (SSSR count). The second-order valence-corrected chi connectivity index (χ2v) is 6.16. The summed E-state index contributed by atoms with van der Waals surface area (Å²) in [6.07, 6.45) is 2.11. The van der Waals surface area contributed by atoms with Gasteiger partial charge in [0, 0.05) is 12.8 Å². The van der Waals surface area contributed by atoms with Crippen molar-refractivity contribution in [1.29, 1.82) is 0 Å². The molecule has 0 aromatic carbocycles. The lowest BCUT2D eigenvalue weighted by Gasteiger charge is -2.20. The third-order valence-electron chi connectivity index (χ3n) is 2.80. The topological polar surface area (TPSA) is 69.7 Å². The molecule has 0 bridgehead atoms. The van der Waals surface area contributed by atoms with Crippen LogP contribution in [-0.2, 0) is 23.9 Å². The molecule has 0 N–H and O–H groups in total. The molecular weight excluding hydrogens is 272 g/mol. The van der Waals surface area contributed by atoms with Crippen molar-refractivity contribution in [3.05, 3.63) is 0 Å². The van der Waals surface area contributed by atoms with Crippen LogP contribution in [0.3, 0.4) is 0 Å². The minimum absolute atomic E-state index is 0.0274. The molecule has 0 aromatic heterocycles. The van der Waals surface area contributed by atoms with Crippen molar-refractivity contribution in [1.82, 2.24) is 0 Å². The van der Waals surface area contributed by atoms with E-state index in [0.717, 1.165) is 12.8 Å². The molecule has 0 fully saturated rings. The number of hydrogen-bond acceptors (Lipinski definition) is 5. The Hall–Kier alpha value is -1.23. The monoisotopic (exact) mass is 300 g/mol. The molecule has 0 aliphatic rings. The SMILES string of the molecule is CCC[C@@H](COCC(=O)OC(C)(C)C)CC(=O)C(=O)CC. The summed E-state index contributed by atoms with van der Waals surface area (Å²) in [6, 6.07) is 0. The molecule has 1 atom stereocenters. The number of ketones is 2. The van der Waals surface area contributed by atoms with Crippen LogP contribution >= 0.6 is 0 Å². The maximum atomic E-state index is 11.6. The van der Waals surface area contributed by atoms with E-state index in [4.69, 9.17) is 9.47 Å². The van der Waals surface area contributed by atoms with Crippen LogP contribution < -0.4 is 0 Å². The summed E-state index contributed by atoms with van der Waals surface area (Å²) in [7, 11) is 0. The van der Waals surface area contributed by atoms with Crippen molar-refractivity contribution in [2.45, 2.75) is 65.9 Å². The van der Waals surface area contributed by atoms with Crippen LogP contribution in [0.4, 0.5) is 0 Å². The zero-order valence-electron chi connectivity index (χ0n) is 13.9. The molecule has 0 aromatic rings. The van der Waals surface area contributed by atoms with Crippen molar-refractivity contribution in [3.8, 4) is 0 Å². The zero-order chi connectivity index (χ0) is 16.5. The summed E-state index contributed by atoms with van der Waals surface area (Å²) in [5.41, 5.74) is -0.535. The number of ether oxygens (including phenoxy) is 2. The lowest BCUT2D eigenvalue weighted by atomic mass is 9.96. The summed E-state index contributed by atoms with van der Waals surface area (Å²) >= 11 is 0. The van der Waals surface area contributed by atoms with Gasteiger partial charge in [0.2, 0.25) is 0 Å². The van der Waals surface area contributed by atoms with Crippen molar-refractivity contribution < 1.29 is 23.9 Å². The molecule has 0 aliphatic heterocycles. The van der Waals surface area contributed by atoms with E-state index in [1.54, 1.807) is 27.7 Å². The Bertz CT molecular complexity index is 354. The van der Waals surface area contributed by atoms with Crippen molar-refractivity contribution in [2.75, 3.05) is 13.2 Å². The standard InChI is InChI=1S/C16H28O5/c1-6-8-12(9-14(18)13(17)7-2)10-20-11-15(19)21-16(3,4)5/h12H,6-11H2,1-5H3/t12-/m1/s1. The Morgan fingerprint density at radius 3 is 2.14 bits per heavy atom. The van der Waals surface area contributed by atoms with Crippen LogP contribution in [0.25, 0.3) is 0 Å². The van der Waals surface area contributed by atoms with Gasteiger partial charge in [-0.15, -0.1) is 0 Å². The fourth-order valence-electron chi connectivity index (χ4n) is 1.91. The first kappa shape index (κ1) is 19.8. The van der Waals surface area contributed by atoms with E-state index >= 15 is 0 Å². The van der Waals surface area contributed by atoms with Gasteiger partial charge in [-0.3, -0.25) is 9.59 Å². The Morgan fingerprint density at radius 1 is 1.05 bits per heavy atom. The molecule has 0 unspecified atom stereocenters. The molecule has 0 amide bonds. The number of esters is 1. The second-order valence-electron chi connectivity index (χ2n) is 6.16. The first-order valence-corrected chi connectivity index (χ1v) is 7.55. The molecule has 0 saturated carbocycles. The molecule has 0 heterocycles. The van der Waals surface area contributed by atoms with Crippen molar-refractivity contribution in [2.24, 2.45) is 5.92 Å². The van der Waals surface area contributed by atoms with E-state index in [1.165, 1.54) is 0 Å². The van der Waals surface area contributed by atoms with Gasteiger partial charge in [-0.05, 0) is 33.1 Å². The molecule has 0 saturated heterocycles. The van der Waals surface area contributed by atoms with E-state index < -0.39 is 11.6 Å². The minimum Gasteiger partial charge on any atom is -0.458 e. The highest BCUT2D eigenvalue weighted by Gasteiger charge is 2.20. The summed E-state index contributed by atoms with van der Waals surface area (Å²) in [5.74, 6) is -1.14. The maximum Gasteiger partial charge on any atom is 0.332 e. The fourth-order valence-corrected chi connectivity index (χ4v) is 1.91. The number of rotatable bonds is 10. The van der Waals surface area contributed by atoms with Gasteiger partial charge in [0.05, 0.1) is 6.61 Å². The van der Waals surface area contributed by atoms with Crippen LogP contribution in [0.5, 0.6) is 0 Å². The van der Waals surface area contributed by atoms with E-state index in [2.05, 4.69) is 0 Å². The molecule has 5 nitrogen and oxygen atoms in total. The van der Waals surface area contributed by atoms with Gasteiger partial charge >= 0.3 is 5.97 Å². The highest BCUT2D eigenvalue weighted by Crippen LogP contribution is 2.14. The minimum atomic E-state index is -0.535. The normalized spacial score (nSPS) is 12.8. The molecule has 0 aliphatic carbocycles. The Balaban J connectivity index is 4.19. The second kappa shape index (κ2) is 9.66. The van der Waals surface area contributed by atoms with Crippen LogP contribution in [0.1, 0.15) is 60.3 Å². The number of carbonyl (C=O) groups is 3. The number of carbonyl (C=O) groups excluding carboxylic acids is 3. The smallest absolute Gasteiger partial charge is 0.332 e. The average Bonchev–Trinajstić information content (AvgIpc) is 2.35. The zero-order valence-corrected chi connectivity index (χ0v) is 13.9. The van der Waals surface area contributed by atoms with Crippen LogP contribution in [0, 0.1) is 5.92 Å². The molecule has 0 radical (unpaired) electrons. The maximum absolute atomic E-state index is 11.6. The summed E-state index contributed by atoms with van der Waals surface area (Å²) in [5, 5.41) is 0. The lowest BCUT2D eigenvalue weighted by Crippen LogP contribution is -2.27. The Kier molecular flexibility index (Phi) is 9.09. The fraction of sp³-hybridized carbons (Fsp3) is 0.812. The van der Waals surface area contributed by atoms with Gasteiger partial charge in [0.1, 0.15) is 12.2 Å². The molecule has 122 valence electrons. The van der Waals surface area contributed by atoms with E-state index in [0.29, 0.717) is 0 Å². The largest absolute Gasteiger partial charge is 0.458 e. The highest BCUT2D eigenvalue weighted by molar-refractivity contribution is 6.37. The van der Waals surface area contributed by atoms with Gasteiger partial charge in [-0.25, -0.2) is 4.79 Å². The predicted octanol–water partition coefficient (Wildman–Crippen LogP) is 2.70. The quantitative estimate of drug-likeness (QED) is 0.458. The molecule has 0 spiro atoms. The van der Waals surface area contributed by atoms with Gasteiger partial charge in [0.15, 0.2) is 11.6 Å². The van der Waals surface area contributed by atoms with Crippen LogP contribution in [0.2, 0.25) is 0 Å². The highest BCUT2D eigenvalue weighted by atomic mass is 16.6. The summed E-state index contributed by atoms with van der Waals surface area (Å²) in [6.45, 7) is 9.21.